The molecule has 0 bridgehead atoms. The number of aliphatic hydroxyl groups is 1. The van der Waals surface area contributed by atoms with E-state index in [1.807, 2.05) is 18.7 Å². The van der Waals surface area contributed by atoms with Crippen LogP contribution in [0.3, 0.4) is 0 Å². The quantitative estimate of drug-likeness (QED) is 0.483. The minimum atomic E-state index is -0.851. The molecule has 6 nitrogen and oxygen atoms in total. The van der Waals surface area contributed by atoms with Crippen LogP contribution in [0.4, 0.5) is 0 Å². The molecule has 0 aliphatic carbocycles. The van der Waals surface area contributed by atoms with E-state index in [1.54, 1.807) is 0 Å². The second kappa shape index (κ2) is 9.85. The Balaban J connectivity index is 3.84. The zero-order chi connectivity index (χ0) is 14.0. The fourth-order valence-corrected chi connectivity index (χ4v) is 1.50. The first kappa shape index (κ1) is 16.9. The van der Waals surface area contributed by atoms with Crippen LogP contribution >= 0.6 is 0 Å². The summed E-state index contributed by atoms with van der Waals surface area (Å²) < 4.78 is 0. The normalized spacial score (nSPS) is 10.9. The van der Waals surface area contributed by atoms with Gasteiger partial charge in [-0.15, -0.1) is 0 Å². The van der Waals surface area contributed by atoms with E-state index in [1.165, 1.54) is 0 Å². The van der Waals surface area contributed by atoms with E-state index < -0.39 is 5.97 Å². The van der Waals surface area contributed by atoms with Crippen LogP contribution in [0.15, 0.2) is 0 Å². The summed E-state index contributed by atoms with van der Waals surface area (Å²) in [6.45, 7) is 5.45. The van der Waals surface area contributed by atoms with Crippen LogP contribution in [0, 0.1) is 0 Å². The smallest absolute Gasteiger partial charge is 0.303 e. The van der Waals surface area contributed by atoms with E-state index in [4.69, 9.17) is 10.2 Å². The molecule has 0 aromatic rings. The topological polar surface area (TPSA) is 89.9 Å². The number of carboxylic acid groups (broad SMARTS) is 1. The van der Waals surface area contributed by atoms with Gasteiger partial charge in [0.25, 0.3) is 0 Å². The van der Waals surface area contributed by atoms with Crippen molar-refractivity contribution >= 4 is 11.9 Å². The molecule has 0 saturated carbocycles. The molecule has 0 saturated heterocycles. The van der Waals surface area contributed by atoms with Crippen molar-refractivity contribution in [1.29, 1.82) is 0 Å². The standard InChI is InChI=1S/C12H24N2O4/c1-10(2)14(7-4-8-15)9-11(16)13-6-3-5-12(17)18/h10,15H,3-9H2,1-2H3,(H,13,16)(H,17,18). The molecule has 0 heterocycles. The van der Waals surface area contributed by atoms with E-state index in [9.17, 15) is 9.59 Å². The number of amides is 1. The Bertz CT molecular complexity index is 256. The van der Waals surface area contributed by atoms with Crippen LogP contribution in [0.25, 0.3) is 0 Å². The summed E-state index contributed by atoms with van der Waals surface area (Å²) in [5.41, 5.74) is 0. The number of aliphatic hydroxyl groups excluding tert-OH is 1. The van der Waals surface area contributed by atoms with Crippen LogP contribution in [0.2, 0.25) is 0 Å². The van der Waals surface area contributed by atoms with Crippen molar-refractivity contribution in [3.8, 4) is 0 Å². The predicted molar refractivity (Wildman–Crippen MR) is 68.3 cm³/mol. The van der Waals surface area contributed by atoms with Crippen LogP contribution in [0.1, 0.15) is 33.1 Å². The van der Waals surface area contributed by atoms with Gasteiger partial charge in [-0.2, -0.15) is 0 Å². The van der Waals surface area contributed by atoms with Crippen molar-refractivity contribution in [3.05, 3.63) is 0 Å². The molecule has 18 heavy (non-hydrogen) atoms. The minimum absolute atomic E-state index is 0.0681. The Labute approximate surface area is 108 Å². The van der Waals surface area contributed by atoms with Gasteiger partial charge in [-0.3, -0.25) is 14.5 Å². The fraction of sp³-hybridized carbons (Fsp3) is 0.833. The highest BCUT2D eigenvalue weighted by Crippen LogP contribution is 1.99. The predicted octanol–water partition coefficient (Wildman–Crippen LogP) is 0.0602. The first-order valence-electron chi connectivity index (χ1n) is 6.30. The van der Waals surface area contributed by atoms with E-state index in [0.29, 0.717) is 25.9 Å². The average molecular weight is 260 g/mol. The SMILES string of the molecule is CC(C)N(CCCO)CC(=O)NCCCC(=O)O. The Kier molecular flexibility index (Phi) is 9.22. The third-order valence-electron chi connectivity index (χ3n) is 2.57. The van der Waals surface area contributed by atoms with Gasteiger partial charge < -0.3 is 15.5 Å². The Hall–Kier alpha value is -1.14. The van der Waals surface area contributed by atoms with Crippen LogP contribution in [-0.2, 0) is 9.59 Å². The van der Waals surface area contributed by atoms with Crippen LogP contribution in [0.5, 0.6) is 0 Å². The van der Waals surface area contributed by atoms with E-state index in [2.05, 4.69) is 5.32 Å². The summed E-state index contributed by atoms with van der Waals surface area (Å²) in [4.78, 5) is 23.9. The lowest BCUT2D eigenvalue weighted by molar-refractivity contribution is -0.137. The first-order chi connectivity index (χ1) is 8.47. The summed E-state index contributed by atoms with van der Waals surface area (Å²) in [5, 5.41) is 19.9. The third kappa shape index (κ3) is 8.95. The van der Waals surface area contributed by atoms with Crippen molar-refractivity contribution in [3.63, 3.8) is 0 Å². The van der Waals surface area contributed by atoms with E-state index in [-0.39, 0.29) is 31.5 Å². The highest BCUT2D eigenvalue weighted by atomic mass is 16.4. The van der Waals surface area contributed by atoms with E-state index in [0.717, 1.165) is 0 Å². The molecule has 0 aromatic heterocycles. The molecule has 1 amide bonds. The maximum Gasteiger partial charge on any atom is 0.303 e. The van der Waals surface area contributed by atoms with Gasteiger partial charge in [0.15, 0.2) is 0 Å². The summed E-state index contributed by atoms with van der Waals surface area (Å²) in [6, 6.07) is 0.237. The van der Waals surface area contributed by atoms with E-state index >= 15 is 0 Å². The van der Waals surface area contributed by atoms with Gasteiger partial charge in [0.2, 0.25) is 5.91 Å². The molecule has 106 valence electrons. The van der Waals surface area contributed by atoms with Crippen LogP contribution in [-0.4, -0.2) is 59.3 Å². The van der Waals surface area contributed by atoms with Crippen molar-refractivity contribution < 1.29 is 19.8 Å². The molecule has 0 spiro atoms. The number of aliphatic carboxylic acids is 1. The summed E-state index contributed by atoms with van der Waals surface area (Å²) in [5.74, 6) is -0.956. The van der Waals surface area contributed by atoms with Gasteiger partial charge >= 0.3 is 5.97 Å². The highest BCUT2D eigenvalue weighted by molar-refractivity contribution is 5.78. The highest BCUT2D eigenvalue weighted by Gasteiger charge is 2.13. The molecular formula is C12H24N2O4. The molecule has 3 N–H and O–H groups in total. The molecule has 0 aliphatic rings. The zero-order valence-corrected chi connectivity index (χ0v) is 11.2. The molecule has 0 radical (unpaired) electrons. The summed E-state index contributed by atoms with van der Waals surface area (Å²) in [6.07, 6.45) is 1.16. The molecule has 0 unspecified atom stereocenters. The third-order valence-corrected chi connectivity index (χ3v) is 2.57. The molecule has 0 rings (SSSR count). The van der Waals surface area contributed by atoms with Crippen molar-refractivity contribution in [2.75, 3.05) is 26.2 Å². The van der Waals surface area contributed by atoms with Gasteiger partial charge in [0, 0.05) is 32.2 Å². The Morgan fingerprint density at radius 2 is 1.94 bits per heavy atom. The average Bonchev–Trinajstić information content (AvgIpc) is 2.29. The van der Waals surface area contributed by atoms with Gasteiger partial charge in [-0.05, 0) is 26.7 Å². The molecule has 6 heteroatoms. The lowest BCUT2D eigenvalue weighted by Gasteiger charge is -2.25. The number of rotatable bonds is 10. The van der Waals surface area contributed by atoms with Crippen molar-refractivity contribution in [2.24, 2.45) is 0 Å². The molecule has 0 aliphatic heterocycles. The van der Waals surface area contributed by atoms with Gasteiger partial charge in [-0.25, -0.2) is 0 Å². The van der Waals surface area contributed by atoms with Crippen molar-refractivity contribution in [1.82, 2.24) is 10.2 Å². The van der Waals surface area contributed by atoms with Gasteiger partial charge in [-0.1, -0.05) is 0 Å². The fourth-order valence-electron chi connectivity index (χ4n) is 1.50. The minimum Gasteiger partial charge on any atom is -0.481 e. The molecule has 0 aromatic carbocycles. The number of nitrogens with zero attached hydrogens (tertiary/aromatic N) is 1. The lowest BCUT2D eigenvalue weighted by Crippen LogP contribution is -2.41. The Morgan fingerprint density at radius 1 is 1.28 bits per heavy atom. The van der Waals surface area contributed by atoms with Crippen LogP contribution < -0.4 is 5.32 Å². The van der Waals surface area contributed by atoms with Gasteiger partial charge in [0.1, 0.15) is 0 Å². The number of carboxylic acids is 1. The van der Waals surface area contributed by atoms with Gasteiger partial charge in [0.05, 0.1) is 6.54 Å². The maximum atomic E-state index is 11.6. The summed E-state index contributed by atoms with van der Waals surface area (Å²) in [7, 11) is 0. The lowest BCUT2D eigenvalue weighted by atomic mass is 10.2. The molecular weight excluding hydrogens is 236 g/mol. The largest absolute Gasteiger partial charge is 0.481 e. The number of carbonyl (C=O) groups excluding carboxylic acids is 1. The Morgan fingerprint density at radius 3 is 2.44 bits per heavy atom. The van der Waals surface area contributed by atoms with Crippen molar-refractivity contribution in [2.45, 2.75) is 39.2 Å². The molecule has 0 atom stereocenters. The summed E-state index contributed by atoms with van der Waals surface area (Å²) >= 11 is 0. The maximum absolute atomic E-state index is 11.6. The number of carbonyl (C=O) groups is 2. The second-order valence-electron chi connectivity index (χ2n) is 4.49. The number of nitrogens with one attached hydrogen (secondary N) is 1. The monoisotopic (exact) mass is 260 g/mol. The zero-order valence-electron chi connectivity index (χ0n) is 11.2. The first-order valence-corrected chi connectivity index (χ1v) is 6.30. The number of hydrogen-bond acceptors (Lipinski definition) is 4. The molecule has 0 fully saturated rings. The second-order valence-corrected chi connectivity index (χ2v) is 4.49. The number of hydrogen-bond donors (Lipinski definition) is 3.